The summed E-state index contributed by atoms with van der Waals surface area (Å²) in [6, 6.07) is 12.0. The molecule has 2 aromatic rings. The van der Waals surface area contributed by atoms with Gasteiger partial charge in [-0.2, -0.15) is 0 Å². The van der Waals surface area contributed by atoms with Crippen LogP contribution in [0.25, 0.3) is 11.1 Å². The quantitative estimate of drug-likeness (QED) is 0.0968. The second kappa shape index (κ2) is 22.6. The molecule has 2 aliphatic rings. The minimum Gasteiger partial charge on any atom is -0.480 e. The minimum atomic E-state index is -1.24. The summed E-state index contributed by atoms with van der Waals surface area (Å²) < 4.78 is 5.57. The highest BCUT2D eigenvalue weighted by molar-refractivity contribution is 5.96. The Morgan fingerprint density at radius 3 is 1.97 bits per heavy atom. The molecule has 1 aliphatic heterocycles. The minimum absolute atomic E-state index is 0.000309. The molecule has 332 valence electrons. The van der Waals surface area contributed by atoms with Gasteiger partial charge in [0.1, 0.15) is 37.3 Å². The number of rotatable bonds is 21. The average molecular weight is 848 g/mol. The van der Waals surface area contributed by atoms with E-state index in [1.165, 1.54) is 4.90 Å². The summed E-state index contributed by atoms with van der Waals surface area (Å²) in [7, 11) is 0. The van der Waals surface area contributed by atoms with Gasteiger partial charge in [-0.25, -0.2) is 4.79 Å². The number of ether oxygens (including phenoxy) is 1. The molecule has 4 rings (SSSR count). The van der Waals surface area contributed by atoms with Crippen LogP contribution in [0.5, 0.6) is 0 Å². The van der Waals surface area contributed by atoms with E-state index in [1.54, 1.807) is 20.8 Å². The zero-order chi connectivity index (χ0) is 44.8. The Balaban J connectivity index is 1.25. The molecule has 1 fully saturated rings. The van der Waals surface area contributed by atoms with Gasteiger partial charge in [-0.3, -0.25) is 33.6 Å². The largest absolute Gasteiger partial charge is 0.480 e. The molecule has 1 heterocycles. The topological polar surface area (TPSA) is 241 Å². The van der Waals surface area contributed by atoms with E-state index in [9.17, 15) is 38.4 Å². The monoisotopic (exact) mass is 847 g/mol. The van der Waals surface area contributed by atoms with Crippen LogP contribution in [0.1, 0.15) is 90.7 Å². The van der Waals surface area contributed by atoms with E-state index in [1.807, 2.05) is 69.3 Å². The number of likely N-dealkylation sites (tertiary alicyclic amines) is 1. The summed E-state index contributed by atoms with van der Waals surface area (Å²) in [5.74, 6) is -5.62. The maximum Gasteiger partial charge on any atom is 0.407 e. The molecule has 0 spiro atoms. The Morgan fingerprint density at radius 1 is 0.770 bits per heavy atom. The number of fused-ring (bicyclic) bond motifs is 3. The second-order valence-corrected chi connectivity index (χ2v) is 16.4. The number of hydrogen-bond donors (Lipinski definition) is 7. The van der Waals surface area contributed by atoms with Crippen LogP contribution in [0, 0.1) is 17.8 Å². The number of aliphatic carboxylic acids is 1. The summed E-state index contributed by atoms with van der Waals surface area (Å²) in [6.45, 7) is 10.0. The molecule has 0 radical (unpaired) electrons. The Morgan fingerprint density at radius 2 is 1.38 bits per heavy atom. The standard InChI is InChI=1S/C44H61N7O10/c1-7-27(6)39(43(59)47-23-37(54)55)50-40(56)33(21-25(2)3)48-35(52)22-46-42(58)38(26(4)5)49-41(57)34-17-12-20-51(34)36(53)18-19-45-44(60)61-24-32-30-15-10-8-13-28(30)29-14-9-11-16-31(29)32/h8-11,13-16,25-27,32-34,38-39H,7,12,17-24H2,1-6H3,(H,45,60)(H,46,58)(H,47,59)(H,48,52)(H,49,57)(H,50,56)(H,54,55)/t27?,33-,34-,38-,39-/m0/s1. The van der Waals surface area contributed by atoms with Crippen molar-refractivity contribution in [3.05, 3.63) is 59.7 Å². The van der Waals surface area contributed by atoms with Crippen LogP contribution in [0.2, 0.25) is 0 Å². The van der Waals surface area contributed by atoms with Crippen molar-refractivity contribution < 1.29 is 48.2 Å². The Hall–Kier alpha value is -6.00. The van der Waals surface area contributed by atoms with E-state index in [0.29, 0.717) is 25.8 Å². The number of alkyl carbamates (subject to hydrolysis) is 1. The lowest BCUT2D eigenvalue weighted by atomic mass is 9.96. The van der Waals surface area contributed by atoms with E-state index in [4.69, 9.17) is 9.84 Å². The summed E-state index contributed by atoms with van der Waals surface area (Å²) in [5, 5.41) is 24.4. The molecule has 1 unspecified atom stereocenters. The second-order valence-electron chi connectivity index (χ2n) is 16.4. The number of carboxylic acid groups (broad SMARTS) is 1. The Kier molecular flexibility index (Phi) is 17.6. The zero-order valence-corrected chi connectivity index (χ0v) is 35.9. The number of amides is 7. The first-order chi connectivity index (χ1) is 29.0. The molecule has 0 saturated carbocycles. The smallest absolute Gasteiger partial charge is 0.407 e. The fraction of sp³-hybridized carbons (Fsp3) is 0.545. The van der Waals surface area contributed by atoms with Gasteiger partial charge in [0.25, 0.3) is 0 Å². The lowest BCUT2D eigenvalue weighted by Gasteiger charge is -2.28. The van der Waals surface area contributed by atoms with Crippen LogP contribution >= 0.6 is 0 Å². The van der Waals surface area contributed by atoms with Crippen LogP contribution < -0.4 is 31.9 Å². The highest BCUT2D eigenvalue weighted by atomic mass is 16.5. The van der Waals surface area contributed by atoms with Crippen LogP contribution in [0.15, 0.2) is 48.5 Å². The number of hydrogen-bond acceptors (Lipinski definition) is 9. The van der Waals surface area contributed by atoms with Crippen molar-refractivity contribution in [2.75, 3.05) is 32.8 Å². The first kappa shape index (κ1) is 47.7. The maximum absolute atomic E-state index is 13.5. The molecule has 2 aromatic carbocycles. The normalized spacial score (nSPS) is 16.3. The van der Waals surface area contributed by atoms with Crippen LogP contribution in [0.3, 0.4) is 0 Å². The van der Waals surface area contributed by atoms with Crippen molar-refractivity contribution in [2.24, 2.45) is 17.8 Å². The SMILES string of the molecule is CCC(C)[C@H](NC(=O)[C@H](CC(C)C)NC(=O)CNC(=O)[C@@H](NC(=O)[C@@H]1CCCN1C(=O)CCNC(=O)OCC1c2ccccc2-c2ccccc21)C(C)C)C(=O)NCC(=O)O. The third kappa shape index (κ3) is 13.2. The molecule has 1 saturated heterocycles. The molecule has 17 nitrogen and oxygen atoms in total. The molecule has 0 aromatic heterocycles. The van der Waals surface area contributed by atoms with Crippen molar-refractivity contribution in [3.63, 3.8) is 0 Å². The number of carbonyl (C=O) groups excluding carboxylic acids is 7. The molecule has 7 amide bonds. The third-order valence-corrected chi connectivity index (χ3v) is 11.1. The van der Waals surface area contributed by atoms with E-state index in [0.717, 1.165) is 22.3 Å². The van der Waals surface area contributed by atoms with Crippen molar-refractivity contribution in [3.8, 4) is 11.1 Å². The number of benzene rings is 2. The first-order valence-electron chi connectivity index (χ1n) is 21.1. The molecule has 17 heteroatoms. The van der Waals surface area contributed by atoms with Crippen molar-refractivity contribution in [1.29, 1.82) is 0 Å². The lowest BCUT2D eigenvalue weighted by molar-refractivity contribution is -0.139. The Labute approximate surface area is 356 Å². The van der Waals surface area contributed by atoms with Crippen molar-refractivity contribution in [2.45, 2.75) is 104 Å². The van der Waals surface area contributed by atoms with Crippen LogP contribution in [-0.2, 0) is 38.3 Å². The van der Waals surface area contributed by atoms with Gasteiger partial charge in [0.15, 0.2) is 0 Å². The van der Waals surface area contributed by atoms with Crippen molar-refractivity contribution >= 4 is 47.5 Å². The number of carboxylic acids is 1. The van der Waals surface area contributed by atoms with Gasteiger partial charge in [-0.1, -0.05) is 96.5 Å². The summed E-state index contributed by atoms with van der Waals surface area (Å²) >= 11 is 0. The molecular formula is C44H61N7O10. The van der Waals surface area contributed by atoms with Gasteiger partial charge >= 0.3 is 12.1 Å². The number of carbonyl (C=O) groups is 8. The molecule has 7 N–H and O–H groups in total. The van der Waals surface area contributed by atoms with Crippen LogP contribution in [-0.4, -0.2) is 114 Å². The van der Waals surface area contributed by atoms with Gasteiger partial charge < -0.3 is 46.6 Å². The maximum atomic E-state index is 13.5. The molecular weight excluding hydrogens is 787 g/mol. The lowest BCUT2D eigenvalue weighted by Crippen LogP contribution is -2.58. The molecule has 1 aliphatic carbocycles. The fourth-order valence-corrected chi connectivity index (χ4v) is 7.64. The van der Waals surface area contributed by atoms with Gasteiger partial charge in [-0.05, 0) is 59.3 Å². The first-order valence-corrected chi connectivity index (χ1v) is 21.1. The number of nitrogens with one attached hydrogen (secondary N) is 6. The highest BCUT2D eigenvalue weighted by Crippen LogP contribution is 2.44. The molecule has 0 bridgehead atoms. The van der Waals surface area contributed by atoms with Crippen LogP contribution in [0.4, 0.5) is 4.79 Å². The average Bonchev–Trinajstić information content (AvgIpc) is 3.85. The van der Waals surface area contributed by atoms with E-state index in [2.05, 4.69) is 31.9 Å². The van der Waals surface area contributed by atoms with E-state index >= 15 is 0 Å². The van der Waals surface area contributed by atoms with E-state index in [-0.39, 0.29) is 49.7 Å². The van der Waals surface area contributed by atoms with Gasteiger partial charge in [0, 0.05) is 25.4 Å². The number of nitrogens with zero attached hydrogens (tertiary/aromatic N) is 1. The third-order valence-electron chi connectivity index (χ3n) is 11.1. The fourth-order valence-electron chi connectivity index (χ4n) is 7.64. The summed E-state index contributed by atoms with van der Waals surface area (Å²) in [5.41, 5.74) is 4.38. The predicted octanol–water partition coefficient (Wildman–Crippen LogP) is 2.43. The van der Waals surface area contributed by atoms with Gasteiger partial charge in [-0.15, -0.1) is 0 Å². The van der Waals surface area contributed by atoms with Crippen molar-refractivity contribution in [1.82, 2.24) is 36.8 Å². The van der Waals surface area contributed by atoms with Gasteiger partial charge in [0.2, 0.25) is 35.4 Å². The highest BCUT2D eigenvalue weighted by Gasteiger charge is 2.37. The molecule has 61 heavy (non-hydrogen) atoms. The molecule has 5 atom stereocenters. The Bertz CT molecular complexity index is 1870. The van der Waals surface area contributed by atoms with Gasteiger partial charge in [0.05, 0.1) is 6.54 Å². The summed E-state index contributed by atoms with van der Waals surface area (Å²) in [4.78, 5) is 104. The predicted molar refractivity (Wildman–Crippen MR) is 226 cm³/mol. The van der Waals surface area contributed by atoms with E-state index < -0.39 is 84.8 Å². The summed E-state index contributed by atoms with van der Waals surface area (Å²) in [6.07, 6.45) is 0.942. The zero-order valence-electron chi connectivity index (χ0n) is 35.9.